The third kappa shape index (κ3) is 5.78. The fraction of sp³-hybridized carbons (Fsp3) is 0.259. The molecule has 7 nitrogen and oxygen atoms in total. The molecule has 0 radical (unpaired) electrons. The van der Waals surface area contributed by atoms with E-state index in [1.807, 2.05) is 0 Å². The molecular weight excluding hydrogens is 536 g/mol. The summed E-state index contributed by atoms with van der Waals surface area (Å²) < 4.78 is 59.0. The molecule has 1 fully saturated rings. The Morgan fingerprint density at radius 1 is 0.921 bits per heavy atom. The highest BCUT2D eigenvalue weighted by Crippen LogP contribution is 2.43. The van der Waals surface area contributed by atoms with Crippen LogP contribution in [0.4, 0.5) is 8.78 Å². The minimum absolute atomic E-state index is 0. The van der Waals surface area contributed by atoms with Gasteiger partial charge < -0.3 is 4.74 Å². The SMILES string of the molecule is CS(=O)(=O)N1CCN(CCOc2ccc3c(c2)C(=O)C(c2cccnc2)=C3c2cc(F)cc(F)c2)CC1.Cl. The summed E-state index contributed by atoms with van der Waals surface area (Å²) >= 11 is 0. The Hall–Kier alpha value is -3.18. The molecule has 1 aliphatic heterocycles. The van der Waals surface area contributed by atoms with Crippen molar-refractivity contribution in [3.63, 3.8) is 0 Å². The lowest BCUT2D eigenvalue weighted by molar-refractivity contribution is 0.105. The molecule has 2 heterocycles. The number of sulfonamides is 1. The van der Waals surface area contributed by atoms with Gasteiger partial charge in [0.1, 0.15) is 24.0 Å². The molecule has 200 valence electrons. The van der Waals surface area contributed by atoms with Crippen molar-refractivity contribution in [3.05, 3.63) is 94.8 Å². The standard InChI is InChI=1S/C27H25F2N3O4S.ClH/c1-37(34,35)32-9-7-31(8-10-32)11-12-36-22-4-5-23-24(16-22)27(33)26(18-3-2-6-30-17-18)25(23)19-13-20(28)15-21(29)14-19;/h2-6,13-17H,7-12H2,1H3;1H. The van der Waals surface area contributed by atoms with Crippen LogP contribution >= 0.6 is 12.4 Å². The lowest BCUT2D eigenvalue weighted by Gasteiger charge is -2.33. The van der Waals surface area contributed by atoms with Crippen LogP contribution in [0.2, 0.25) is 0 Å². The van der Waals surface area contributed by atoms with E-state index in [1.54, 1.807) is 42.7 Å². The number of pyridine rings is 1. The Morgan fingerprint density at radius 2 is 1.63 bits per heavy atom. The van der Waals surface area contributed by atoms with Crippen molar-refractivity contribution in [1.82, 2.24) is 14.2 Å². The zero-order valence-corrected chi connectivity index (χ0v) is 22.2. The summed E-state index contributed by atoms with van der Waals surface area (Å²) in [6.45, 7) is 3.08. The number of aromatic nitrogens is 1. The molecule has 0 saturated carbocycles. The van der Waals surface area contributed by atoms with Gasteiger partial charge in [-0.2, -0.15) is 4.31 Å². The molecule has 5 rings (SSSR count). The van der Waals surface area contributed by atoms with Crippen LogP contribution in [0, 0.1) is 11.6 Å². The molecule has 0 atom stereocenters. The highest BCUT2D eigenvalue weighted by molar-refractivity contribution is 7.88. The quantitative estimate of drug-likeness (QED) is 0.435. The monoisotopic (exact) mass is 561 g/mol. The van der Waals surface area contributed by atoms with Gasteiger partial charge in [0.05, 0.1) is 6.26 Å². The summed E-state index contributed by atoms with van der Waals surface area (Å²) in [5, 5.41) is 0. The molecule has 0 spiro atoms. The van der Waals surface area contributed by atoms with Crippen molar-refractivity contribution in [2.45, 2.75) is 0 Å². The maximum atomic E-state index is 14.1. The van der Waals surface area contributed by atoms with Crippen molar-refractivity contribution in [2.75, 3.05) is 45.6 Å². The first-order valence-corrected chi connectivity index (χ1v) is 13.7. The molecular formula is C27H26ClF2N3O4S. The summed E-state index contributed by atoms with van der Waals surface area (Å²) in [4.78, 5) is 19.8. The largest absolute Gasteiger partial charge is 0.492 e. The van der Waals surface area contributed by atoms with Gasteiger partial charge in [0.15, 0.2) is 5.78 Å². The van der Waals surface area contributed by atoms with Crippen LogP contribution in [-0.2, 0) is 10.0 Å². The third-order valence-electron chi connectivity index (χ3n) is 6.56. The highest BCUT2D eigenvalue weighted by atomic mass is 35.5. The molecule has 38 heavy (non-hydrogen) atoms. The van der Waals surface area contributed by atoms with E-state index in [2.05, 4.69) is 9.88 Å². The first-order valence-electron chi connectivity index (χ1n) is 11.8. The lowest BCUT2D eigenvalue weighted by atomic mass is 9.95. The summed E-state index contributed by atoms with van der Waals surface area (Å²) in [5.41, 5.74) is 2.55. The molecule has 1 aromatic heterocycles. The molecule has 0 bridgehead atoms. The molecule has 3 aromatic rings. The number of fused-ring (bicyclic) bond motifs is 1. The fourth-order valence-electron chi connectivity index (χ4n) is 4.76. The van der Waals surface area contributed by atoms with Crippen molar-refractivity contribution in [2.24, 2.45) is 0 Å². The third-order valence-corrected chi connectivity index (χ3v) is 7.86. The Bertz CT molecular complexity index is 1470. The summed E-state index contributed by atoms with van der Waals surface area (Å²) in [6, 6.07) is 11.8. The van der Waals surface area contributed by atoms with Gasteiger partial charge >= 0.3 is 0 Å². The second kappa shape index (κ2) is 11.3. The molecule has 2 aliphatic rings. The van der Waals surface area contributed by atoms with Crippen LogP contribution < -0.4 is 4.74 Å². The number of benzene rings is 2. The smallest absolute Gasteiger partial charge is 0.211 e. The second-order valence-corrected chi connectivity index (χ2v) is 11.0. The fourth-order valence-corrected chi connectivity index (χ4v) is 5.59. The Morgan fingerprint density at radius 3 is 2.26 bits per heavy atom. The van der Waals surface area contributed by atoms with Crippen LogP contribution in [0.15, 0.2) is 60.9 Å². The van der Waals surface area contributed by atoms with Gasteiger partial charge in [0, 0.05) is 73.5 Å². The van der Waals surface area contributed by atoms with Crippen LogP contribution in [0.3, 0.4) is 0 Å². The highest BCUT2D eigenvalue weighted by Gasteiger charge is 2.32. The zero-order valence-electron chi connectivity index (χ0n) is 20.6. The number of rotatable bonds is 7. The number of piperazine rings is 1. The lowest BCUT2D eigenvalue weighted by Crippen LogP contribution is -2.49. The van der Waals surface area contributed by atoms with Crippen LogP contribution in [0.5, 0.6) is 5.75 Å². The first-order chi connectivity index (χ1) is 17.7. The molecule has 0 N–H and O–H groups in total. The number of hydrogen-bond acceptors (Lipinski definition) is 6. The Kier molecular flexibility index (Phi) is 8.27. The maximum absolute atomic E-state index is 14.1. The van der Waals surface area contributed by atoms with E-state index >= 15 is 0 Å². The predicted octanol–water partition coefficient (Wildman–Crippen LogP) is 3.89. The molecule has 0 unspecified atom stereocenters. The van der Waals surface area contributed by atoms with E-state index in [9.17, 15) is 22.0 Å². The number of Topliss-reactive ketones (excluding diaryl/α,β-unsaturated/α-hetero) is 1. The number of hydrogen-bond donors (Lipinski definition) is 0. The van der Waals surface area contributed by atoms with Crippen LogP contribution in [0.1, 0.15) is 27.0 Å². The Balaban J connectivity index is 0.00000336. The van der Waals surface area contributed by atoms with Crippen LogP contribution in [0.25, 0.3) is 11.1 Å². The molecule has 1 saturated heterocycles. The second-order valence-electron chi connectivity index (χ2n) is 9.04. The van der Waals surface area contributed by atoms with Crippen molar-refractivity contribution in [1.29, 1.82) is 0 Å². The molecule has 1 aliphatic carbocycles. The van der Waals surface area contributed by atoms with Gasteiger partial charge in [0.2, 0.25) is 10.0 Å². The van der Waals surface area contributed by atoms with E-state index in [-0.39, 0.29) is 23.8 Å². The molecule has 11 heteroatoms. The van der Waals surface area contributed by atoms with E-state index in [0.717, 1.165) is 6.07 Å². The molecule has 0 amide bonds. The zero-order chi connectivity index (χ0) is 26.2. The van der Waals surface area contributed by atoms with Gasteiger partial charge in [-0.15, -0.1) is 12.4 Å². The number of ketones is 1. The van der Waals surface area contributed by atoms with E-state index in [0.29, 0.717) is 72.9 Å². The number of carbonyl (C=O) groups excluding carboxylic acids is 1. The van der Waals surface area contributed by atoms with E-state index < -0.39 is 21.7 Å². The predicted molar refractivity (Wildman–Crippen MR) is 143 cm³/mol. The van der Waals surface area contributed by atoms with Gasteiger partial charge in [-0.1, -0.05) is 6.07 Å². The van der Waals surface area contributed by atoms with Crippen LogP contribution in [-0.4, -0.2) is 74.0 Å². The average molecular weight is 562 g/mol. The minimum Gasteiger partial charge on any atom is -0.492 e. The summed E-state index contributed by atoms with van der Waals surface area (Å²) in [5.74, 6) is -1.23. The molecule has 2 aromatic carbocycles. The minimum atomic E-state index is -3.18. The normalized spacial score (nSPS) is 16.3. The maximum Gasteiger partial charge on any atom is 0.211 e. The Labute approximate surface area is 226 Å². The van der Waals surface area contributed by atoms with E-state index in [1.165, 1.54) is 22.7 Å². The number of carbonyl (C=O) groups is 1. The van der Waals surface area contributed by atoms with Crippen molar-refractivity contribution < 1.29 is 26.7 Å². The summed E-state index contributed by atoms with van der Waals surface area (Å²) in [7, 11) is -3.18. The number of ether oxygens (including phenoxy) is 1. The number of allylic oxidation sites excluding steroid dienone is 1. The van der Waals surface area contributed by atoms with Gasteiger partial charge in [-0.05, 0) is 47.5 Å². The van der Waals surface area contributed by atoms with Gasteiger partial charge in [0.25, 0.3) is 0 Å². The first kappa shape index (κ1) is 27.8. The topological polar surface area (TPSA) is 79.8 Å². The van der Waals surface area contributed by atoms with Crippen molar-refractivity contribution in [3.8, 4) is 5.75 Å². The summed E-state index contributed by atoms with van der Waals surface area (Å²) in [6.07, 6.45) is 4.35. The van der Waals surface area contributed by atoms with E-state index in [4.69, 9.17) is 4.74 Å². The van der Waals surface area contributed by atoms with Gasteiger partial charge in [-0.25, -0.2) is 17.2 Å². The number of nitrogens with zero attached hydrogens (tertiary/aromatic N) is 3. The van der Waals surface area contributed by atoms with Crippen molar-refractivity contribution >= 4 is 39.4 Å². The van der Waals surface area contributed by atoms with Gasteiger partial charge in [-0.3, -0.25) is 14.7 Å². The average Bonchev–Trinajstić information content (AvgIpc) is 3.15. The number of halogens is 3.